The van der Waals surface area contributed by atoms with Crippen molar-refractivity contribution >= 4 is 23.2 Å². The molecule has 0 spiro atoms. The highest BCUT2D eigenvalue weighted by molar-refractivity contribution is 6.04. The molecule has 0 aliphatic carbocycles. The second kappa shape index (κ2) is 8.50. The molecule has 1 fully saturated rings. The number of anilines is 2. The van der Waals surface area contributed by atoms with Crippen LogP contribution >= 0.6 is 0 Å². The molecule has 4 rings (SSSR count). The van der Waals surface area contributed by atoms with Gasteiger partial charge in [0.2, 0.25) is 11.8 Å². The van der Waals surface area contributed by atoms with E-state index >= 15 is 0 Å². The van der Waals surface area contributed by atoms with Gasteiger partial charge in [-0.2, -0.15) is 5.26 Å². The van der Waals surface area contributed by atoms with E-state index < -0.39 is 5.92 Å². The van der Waals surface area contributed by atoms with Gasteiger partial charge in [0.1, 0.15) is 5.75 Å². The van der Waals surface area contributed by atoms with Gasteiger partial charge < -0.3 is 15.0 Å². The number of rotatable bonds is 5. The second-order valence-electron chi connectivity index (χ2n) is 6.96. The van der Waals surface area contributed by atoms with Crippen molar-refractivity contribution in [2.75, 3.05) is 16.8 Å². The Morgan fingerprint density at radius 3 is 2.43 bits per heavy atom. The highest BCUT2D eigenvalue weighted by Crippen LogP contribution is 2.31. The van der Waals surface area contributed by atoms with E-state index in [4.69, 9.17) is 10.00 Å². The fraction of sp³-hybridized carbons (Fsp3) is 0.125. The van der Waals surface area contributed by atoms with Crippen molar-refractivity contribution in [2.24, 2.45) is 5.92 Å². The van der Waals surface area contributed by atoms with Crippen LogP contribution in [0.2, 0.25) is 0 Å². The molecule has 30 heavy (non-hydrogen) atoms. The molecule has 1 N–H and O–H groups in total. The van der Waals surface area contributed by atoms with Crippen molar-refractivity contribution < 1.29 is 14.3 Å². The maximum atomic E-state index is 12.9. The fourth-order valence-corrected chi connectivity index (χ4v) is 3.36. The summed E-state index contributed by atoms with van der Waals surface area (Å²) in [5, 5.41) is 11.8. The van der Waals surface area contributed by atoms with Gasteiger partial charge in [-0.25, -0.2) is 0 Å². The lowest BCUT2D eigenvalue weighted by Crippen LogP contribution is -2.28. The molecule has 1 saturated heterocycles. The molecule has 6 heteroatoms. The van der Waals surface area contributed by atoms with Crippen molar-refractivity contribution in [3.8, 4) is 17.6 Å². The van der Waals surface area contributed by atoms with Crippen molar-refractivity contribution in [2.45, 2.75) is 6.42 Å². The Balaban J connectivity index is 1.46. The summed E-state index contributed by atoms with van der Waals surface area (Å²) in [5.74, 6) is 0.378. The van der Waals surface area contributed by atoms with E-state index in [1.165, 1.54) is 0 Å². The van der Waals surface area contributed by atoms with Crippen LogP contribution in [0.1, 0.15) is 12.0 Å². The quantitative estimate of drug-likeness (QED) is 0.694. The van der Waals surface area contributed by atoms with E-state index in [9.17, 15) is 9.59 Å². The number of nitrogens with zero attached hydrogens (tertiary/aromatic N) is 2. The second-order valence-corrected chi connectivity index (χ2v) is 6.96. The number of ether oxygens (including phenoxy) is 1. The van der Waals surface area contributed by atoms with Crippen LogP contribution in [0.3, 0.4) is 0 Å². The maximum absolute atomic E-state index is 12.9. The summed E-state index contributed by atoms with van der Waals surface area (Å²) in [6, 6.07) is 25.3. The summed E-state index contributed by atoms with van der Waals surface area (Å²) in [6.45, 7) is 0.290. The van der Waals surface area contributed by atoms with Gasteiger partial charge in [-0.3, -0.25) is 9.59 Å². The normalized spacial score (nSPS) is 15.5. The largest absolute Gasteiger partial charge is 0.455 e. The molecule has 0 aromatic heterocycles. The number of amides is 2. The molecule has 1 aliphatic rings. The Morgan fingerprint density at radius 2 is 1.70 bits per heavy atom. The van der Waals surface area contributed by atoms with Gasteiger partial charge in [0.25, 0.3) is 0 Å². The first-order valence-electron chi connectivity index (χ1n) is 9.57. The summed E-state index contributed by atoms with van der Waals surface area (Å²) in [5.41, 5.74) is 1.76. The summed E-state index contributed by atoms with van der Waals surface area (Å²) in [4.78, 5) is 26.9. The van der Waals surface area contributed by atoms with Crippen LogP contribution in [0.25, 0.3) is 0 Å². The van der Waals surface area contributed by atoms with Crippen molar-refractivity contribution in [1.82, 2.24) is 0 Å². The number of hydrogen-bond donors (Lipinski definition) is 1. The number of benzene rings is 3. The minimum absolute atomic E-state index is 0.117. The number of para-hydroxylation sites is 3. The Labute approximate surface area is 174 Å². The molecule has 0 bridgehead atoms. The molecule has 1 unspecified atom stereocenters. The third-order valence-electron chi connectivity index (χ3n) is 4.92. The first-order chi connectivity index (χ1) is 14.6. The summed E-state index contributed by atoms with van der Waals surface area (Å²) >= 11 is 0. The molecule has 2 amide bonds. The minimum atomic E-state index is -0.474. The monoisotopic (exact) mass is 397 g/mol. The minimum Gasteiger partial charge on any atom is -0.455 e. The van der Waals surface area contributed by atoms with Crippen LogP contribution in [-0.2, 0) is 9.59 Å². The number of hydrogen-bond acceptors (Lipinski definition) is 4. The molecule has 1 heterocycles. The van der Waals surface area contributed by atoms with Gasteiger partial charge in [0.05, 0.1) is 23.2 Å². The zero-order valence-corrected chi connectivity index (χ0v) is 16.1. The zero-order chi connectivity index (χ0) is 20.9. The molecule has 3 aromatic rings. The van der Waals surface area contributed by atoms with Crippen LogP contribution in [0, 0.1) is 17.2 Å². The number of nitrogens with one attached hydrogen (secondary N) is 1. The Bertz CT molecular complexity index is 1100. The molecule has 3 aromatic carbocycles. The topological polar surface area (TPSA) is 82.4 Å². The standard InChI is InChI=1S/C24H19N3O3/c25-15-17-10-12-19(13-11-17)27-16-18(14-23(27)28)24(29)26-21-8-4-5-9-22(21)30-20-6-2-1-3-7-20/h1-13,18H,14,16H2,(H,26,29). The lowest BCUT2D eigenvalue weighted by molar-refractivity contribution is -0.122. The summed E-state index contributed by atoms with van der Waals surface area (Å²) in [6.07, 6.45) is 0.132. The predicted molar refractivity (Wildman–Crippen MR) is 113 cm³/mol. The Morgan fingerprint density at radius 1 is 1.00 bits per heavy atom. The van der Waals surface area contributed by atoms with Gasteiger partial charge in [0, 0.05) is 18.7 Å². The smallest absolute Gasteiger partial charge is 0.229 e. The average Bonchev–Trinajstić information content (AvgIpc) is 3.18. The van der Waals surface area contributed by atoms with Gasteiger partial charge in [-0.1, -0.05) is 30.3 Å². The molecule has 148 valence electrons. The molecule has 1 atom stereocenters. The molecule has 0 saturated carbocycles. The van der Waals surface area contributed by atoms with E-state index in [2.05, 4.69) is 11.4 Å². The lowest BCUT2D eigenvalue weighted by Gasteiger charge is -2.17. The van der Waals surface area contributed by atoms with Crippen molar-refractivity contribution in [3.63, 3.8) is 0 Å². The van der Waals surface area contributed by atoms with E-state index in [-0.39, 0.29) is 24.8 Å². The Kier molecular flexibility index (Phi) is 5.44. The van der Waals surface area contributed by atoms with E-state index in [1.807, 2.05) is 42.5 Å². The first kappa shape index (κ1) is 19.2. The lowest BCUT2D eigenvalue weighted by atomic mass is 10.1. The van der Waals surface area contributed by atoms with Crippen molar-refractivity contribution in [1.29, 1.82) is 5.26 Å². The molecule has 0 radical (unpaired) electrons. The summed E-state index contributed by atoms with van der Waals surface area (Å²) in [7, 11) is 0. The molecule has 6 nitrogen and oxygen atoms in total. The summed E-state index contributed by atoms with van der Waals surface area (Å²) < 4.78 is 5.89. The number of carbonyl (C=O) groups excluding carboxylic acids is 2. The molecular weight excluding hydrogens is 378 g/mol. The van der Waals surface area contributed by atoms with Crippen molar-refractivity contribution in [3.05, 3.63) is 84.4 Å². The van der Waals surface area contributed by atoms with E-state index in [1.54, 1.807) is 41.3 Å². The number of nitriles is 1. The van der Waals surface area contributed by atoms with Gasteiger partial charge in [-0.05, 0) is 48.5 Å². The fourth-order valence-electron chi connectivity index (χ4n) is 3.36. The highest BCUT2D eigenvalue weighted by atomic mass is 16.5. The first-order valence-corrected chi connectivity index (χ1v) is 9.57. The molecular formula is C24H19N3O3. The Hall–Kier alpha value is -4.11. The van der Waals surface area contributed by atoms with Crippen LogP contribution in [-0.4, -0.2) is 18.4 Å². The average molecular weight is 397 g/mol. The third-order valence-corrected chi connectivity index (χ3v) is 4.92. The predicted octanol–water partition coefficient (Wildman–Crippen LogP) is 4.34. The van der Waals surface area contributed by atoms with Crippen LogP contribution in [0.5, 0.6) is 11.5 Å². The van der Waals surface area contributed by atoms with E-state index in [0.29, 0.717) is 28.4 Å². The van der Waals surface area contributed by atoms with Crippen LogP contribution in [0.15, 0.2) is 78.9 Å². The van der Waals surface area contributed by atoms with Crippen LogP contribution < -0.4 is 15.0 Å². The third kappa shape index (κ3) is 4.15. The van der Waals surface area contributed by atoms with Crippen LogP contribution in [0.4, 0.5) is 11.4 Å². The van der Waals surface area contributed by atoms with Gasteiger partial charge >= 0.3 is 0 Å². The highest BCUT2D eigenvalue weighted by Gasteiger charge is 2.35. The van der Waals surface area contributed by atoms with Gasteiger partial charge in [-0.15, -0.1) is 0 Å². The SMILES string of the molecule is N#Cc1ccc(N2CC(C(=O)Nc3ccccc3Oc3ccccc3)CC2=O)cc1. The van der Waals surface area contributed by atoms with E-state index in [0.717, 1.165) is 0 Å². The zero-order valence-electron chi connectivity index (χ0n) is 16.1. The van der Waals surface area contributed by atoms with Gasteiger partial charge in [0.15, 0.2) is 5.75 Å². The maximum Gasteiger partial charge on any atom is 0.229 e. The molecule has 1 aliphatic heterocycles. The number of carbonyl (C=O) groups is 2.